The number of anilines is 2. The highest BCUT2D eigenvalue weighted by Crippen LogP contribution is 2.58. The van der Waals surface area contributed by atoms with Crippen molar-refractivity contribution >= 4 is 11.4 Å². The fraction of sp³-hybridized carbons (Fsp3) is 0.0755. The second-order valence-electron chi connectivity index (χ2n) is 15.0. The molecule has 8 aromatic rings. The molecule has 4 heteroatoms. The van der Waals surface area contributed by atoms with Crippen LogP contribution in [0, 0.1) is 11.3 Å². The minimum Gasteiger partial charge on any atom is -0.355 e. The lowest BCUT2D eigenvalue weighted by Crippen LogP contribution is -2.28. The molecular weight excluding hydrogens is 693 g/mol. The van der Waals surface area contributed by atoms with Gasteiger partial charge in [0, 0.05) is 30.0 Å². The Hall–Kier alpha value is -7.03. The SMILES string of the molecule is N#Cc1cccc(CN2C(c3ccccc3)N2Cc2cccc(Nc3cc4c(cc3-c3ccccc3)C(c3ccccc3)(c3ccccc3)c3ccccc3-4)c2)c1. The van der Waals surface area contributed by atoms with Gasteiger partial charge in [-0.3, -0.25) is 0 Å². The van der Waals surface area contributed by atoms with Crippen molar-refractivity contribution < 1.29 is 0 Å². The Bertz CT molecular complexity index is 2700. The molecule has 57 heavy (non-hydrogen) atoms. The van der Waals surface area contributed by atoms with E-state index in [2.05, 4.69) is 209 Å². The number of hydrazine groups is 1. The summed E-state index contributed by atoms with van der Waals surface area (Å²) in [4.78, 5) is 0. The molecule has 2 aliphatic rings. The highest BCUT2D eigenvalue weighted by Gasteiger charge is 2.47. The summed E-state index contributed by atoms with van der Waals surface area (Å²) in [5.74, 6) is 0. The Kier molecular flexibility index (Phi) is 8.80. The standard InChI is InChI=1S/C53H40N4/c54-35-38-17-15-18-39(31-38)36-56-52(42-22-7-2-8-23-42)57(56)37-40-19-16-28-45(32-40)55-51-34-48-46-29-13-14-30-49(46)53(43-24-9-3-10-25-43,44-26-11-4-12-27-44)50(48)33-47(51)41-20-5-1-6-21-41/h1-34,52,55H,36-37H2. The summed E-state index contributed by atoms with van der Waals surface area (Å²) in [5.41, 5.74) is 15.8. The first-order valence-corrected chi connectivity index (χ1v) is 19.6. The molecule has 1 aliphatic heterocycles. The molecule has 1 N–H and O–H groups in total. The van der Waals surface area contributed by atoms with Crippen molar-refractivity contribution in [1.82, 2.24) is 10.0 Å². The first kappa shape index (κ1) is 34.5. The van der Waals surface area contributed by atoms with Crippen molar-refractivity contribution in [2.75, 3.05) is 5.32 Å². The van der Waals surface area contributed by atoms with Crippen LogP contribution in [0.2, 0.25) is 0 Å². The smallest absolute Gasteiger partial charge is 0.116 e. The minimum absolute atomic E-state index is 0.157. The molecular formula is C53H40N4. The molecule has 0 bridgehead atoms. The van der Waals surface area contributed by atoms with E-state index >= 15 is 0 Å². The molecule has 272 valence electrons. The van der Waals surface area contributed by atoms with Gasteiger partial charge in [0.2, 0.25) is 0 Å². The van der Waals surface area contributed by atoms with Gasteiger partial charge in [0.05, 0.1) is 17.0 Å². The molecule has 3 atom stereocenters. The van der Waals surface area contributed by atoms with E-state index in [1.807, 2.05) is 18.2 Å². The van der Waals surface area contributed by atoms with E-state index in [0.717, 1.165) is 41.2 Å². The highest BCUT2D eigenvalue weighted by atomic mass is 15.9. The summed E-state index contributed by atoms with van der Waals surface area (Å²) < 4.78 is 0. The number of fused-ring (bicyclic) bond motifs is 3. The van der Waals surface area contributed by atoms with Crippen LogP contribution < -0.4 is 5.32 Å². The summed E-state index contributed by atoms with van der Waals surface area (Å²) in [6.07, 6.45) is 0.157. The molecule has 1 heterocycles. The molecule has 0 aromatic heterocycles. The second kappa shape index (κ2) is 14.6. The Morgan fingerprint density at radius 2 is 1.07 bits per heavy atom. The summed E-state index contributed by atoms with van der Waals surface area (Å²) >= 11 is 0. The van der Waals surface area contributed by atoms with Gasteiger partial charge < -0.3 is 5.32 Å². The zero-order valence-electron chi connectivity index (χ0n) is 31.5. The van der Waals surface area contributed by atoms with Crippen LogP contribution in [0.15, 0.2) is 206 Å². The molecule has 8 aromatic carbocycles. The van der Waals surface area contributed by atoms with Crippen LogP contribution in [-0.4, -0.2) is 10.0 Å². The number of nitriles is 1. The zero-order valence-corrected chi connectivity index (χ0v) is 31.5. The molecule has 1 aliphatic carbocycles. The maximum atomic E-state index is 9.53. The monoisotopic (exact) mass is 732 g/mol. The summed E-state index contributed by atoms with van der Waals surface area (Å²) in [6, 6.07) is 76.2. The van der Waals surface area contributed by atoms with Gasteiger partial charge in [-0.05, 0) is 92.0 Å². The van der Waals surface area contributed by atoms with E-state index in [0.29, 0.717) is 5.56 Å². The van der Waals surface area contributed by atoms with Crippen LogP contribution in [0.5, 0.6) is 0 Å². The lowest BCUT2D eigenvalue weighted by atomic mass is 9.67. The lowest BCUT2D eigenvalue weighted by Gasteiger charge is -2.34. The Morgan fingerprint density at radius 3 is 1.74 bits per heavy atom. The summed E-state index contributed by atoms with van der Waals surface area (Å²) in [7, 11) is 0. The van der Waals surface area contributed by atoms with Crippen LogP contribution in [0.1, 0.15) is 50.7 Å². The van der Waals surface area contributed by atoms with Gasteiger partial charge in [-0.15, -0.1) is 0 Å². The van der Waals surface area contributed by atoms with E-state index < -0.39 is 5.41 Å². The van der Waals surface area contributed by atoms with Crippen molar-refractivity contribution in [2.24, 2.45) is 0 Å². The van der Waals surface area contributed by atoms with E-state index in [1.54, 1.807) is 0 Å². The van der Waals surface area contributed by atoms with Crippen molar-refractivity contribution in [3.8, 4) is 28.3 Å². The second-order valence-corrected chi connectivity index (χ2v) is 15.0. The Labute approximate surface area is 334 Å². The lowest BCUT2D eigenvalue weighted by molar-refractivity contribution is 0.293. The average Bonchev–Trinajstić information content (AvgIpc) is 3.86. The summed E-state index contributed by atoms with van der Waals surface area (Å²) in [6.45, 7) is 1.49. The van der Waals surface area contributed by atoms with Gasteiger partial charge in [-0.25, -0.2) is 10.0 Å². The first-order valence-electron chi connectivity index (χ1n) is 19.6. The highest BCUT2D eigenvalue weighted by molar-refractivity contribution is 5.94. The molecule has 1 fully saturated rings. The summed E-state index contributed by atoms with van der Waals surface area (Å²) in [5, 5.41) is 18.3. The van der Waals surface area contributed by atoms with Gasteiger partial charge in [0.1, 0.15) is 6.17 Å². The molecule has 0 amide bonds. The van der Waals surface area contributed by atoms with E-state index in [-0.39, 0.29) is 6.17 Å². The van der Waals surface area contributed by atoms with Crippen molar-refractivity contribution in [1.29, 1.82) is 5.26 Å². The zero-order chi connectivity index (χ0) is 38.2. The van der Waals surface area contributed by atoms with Crippen molar-refractivity contribution in [2.45, 2.75) is 24.7 Å². The first-order chi connectivity index (χ1) is 28.2. The van der Waals surface area contributed by atoms with E-state index in [9.17, 15) is 5.26 Å². The van der Waals surface area contributed by atoms with E-state index in [4.69, 9.17) is 0 Å². The van der Waals surface area contributed by atoms with Crippen LogP contribution in [0.25, 0.3) is 22.3 Å². The predicted octanol–water partition coefficient (Wildman–Crippen LogP) is 12.3. The van der Waals surface area contributed by atoms with E-state index in [1.165, 1.54) is 44.5 Å². The van der Waals surface area contributed by atoms with Crippen molar-refractivity contribution in [3.05, 3.63) is 251 Å². The Morgan fingerprint density at radius 1 is 0.491 bits per heavy atom. The number of benzene rings is 8. The predicted molar refractivity (Wildman–Crippen MR) is 230 cm³/mol. The number of nitrogens with zero attached hydrogens (tertiary/aromatic N) is 3. The molecule has 10 rings (SSSR count). The van der Waals surface area contributed by atoms with Gasteiger partial charge >= 0.3 is 0 Å². The molecule has 3 unspecified atom stereocenters. The minimum atomic E-state index is -0.480. The topological polar surface area (TPSA) is 41.8 Å². The largest absolute Gasteiger partial charge is 0.355 e. The molecule has 0 spiro atoms. The third-order valence-corrected chi connectivity index (χ3v) is 11.6. The van der Waals surface area contributed by atoms with Crippen LogP contribution in [-0.2, 0) is 18.5 Å². The Balaban J connectivity index is 1.04. The quantitative estimate of drug-likeness (QED) is 0.142. The van der Waals surface area contributed by atoms with Gasteiger partial charge in [-0.1, -0.05) is 170 Å². The molecule has 1 saturated heterocycles. The normalized spacial score (nSPS) is 17.2. The van der Waals surface area contributed by atoms with Crippen LogP contribution in [0.3, 0.4) is 0 Å². The fourth-order valence-corrected chi connectivity index (χ4v) is 9.03. The van der Waals surface area contributed by atoms with Crippen molar-refractivity contribution in [3.63, 3.8) is 0 Å². The van der Waals surface area contributed by atoms with Gasteiger partial charge in [-0.2, -0.15) is 5.26 Å². The number of rotatable bonds is 10. The number of hydrogen-bond donors (Lipinski definition) is 1. The maximum Gasteiger partial charge on any atom is 0.116 e. The maximum absolute atomic E-state index is 9.53. The molecule has 0 radical (unpaired) electrons. The third kappa shape index (κ3) is 6.20. The van der Waals surface area contributed by atoms with Gasteiger partial charge in [0.25, 0.3) is 0 Å². The molecule has 0 saturated carbocycles. The number of nitrogens with one attached hydrogen (secondary N) is 1. The van der Waals surface area contributed by atoms with Crippen LogP contribution >= 0.6 is 0 Å². The molecule has 4 nitrogen and oxygen atoms in total. The van der Waals surface area contributed by atoms with Gasteiger partial charge in [0.15, 0.2) is 0 Å². The van der Waals surface area contributed by atoms with Crippen LogP contribution in [0.4, 0.5) is 11.4 Å². The third-order valence-electron chi connectivity index (χ3n) is 11.6. The average molecular weight is 733 g/mol. The number of hydrogen-bond acceptors (Lipinski definition) is 4. The fourth-order valence-electron chi connectivity index (χ4n) is 9.03.